The van der Waals surface area contributed by atoms with Gasteiger partial charge in [0.05, 0.1) is 25.0 Å². The van der Waals surface area contributed by atoms with Crippen LogP contribution in [0.4, 0.5) is 0 Å². The third-order valence-electron chi connectivity index (χ3n) is 4.41. The van der Waals surface area contributed by atoms with Gasteiger partial charge in [-0.25, -0.2) is 0 Å². The summed E-state index contributed by atoms with van der Waals surface area (Å²) < 4.78 is 11.1. The van der Waals surface area contributed by atoms with Gasteiger partial charge in [-0.05, 0) is 30.5 Å². The molecule has 2 N–H and O–H groups in total. The van der Waals surface area contributed by atoms with E-state index in [2.05, 4.69) is 21.6 Å². The third-order valence-corrected chi connectivity index (χ3v) is 4.41. The Hall–Kier alpha value is -2.36. The summed E-state index contributed by atoms with van der Waals surface area (Å²) in [5.74, 6) is 1.03. The second kappa shape index (κ2) is 7.95. The highest BCUT2D eigenvalue weighted by atomic mass is 16.5. The van der Waals surface area contributed by atoms with Crippen molar-refractivity contribution in [2.24, 2.45) is 5.92 Å². The van der Waals surface area contributed by atoms with Crippen molar-refractivity contribution in [3.05, 3.63) is 47.3 Å². The molecule has 0 spiro atoms. The number of H-pyrrole nitrogens is 1. The fourth-order valence-electron chi connectivity index (χ4n) is 3.19. The Kier molecular flexibility index (Phi) is 5.47. The molecule has 1 aromatic heterocycles. The molecule has 1 aliphatic rings. The molecule has 6 heteroatoms. The fraction of sp³-hybridized carbons (Fsp3) is 0.444. The number of rotatable bonds is 6. The molecular weight excluding hydrogens is 304 g/mol. The van der Waals surface area contributed by atoms with Gasteiger partial charge in [0.1, 0.15) is 11.8 Å². The number of aromatic nitrogens is 2. The molecule has 2 heterocycles. The van der Waals surface area contributed by atoms with E-state index < -0.39 is 0 Å². The monoisotopic (exact) mass is 326 g/mol. The summed E-state index contributed by atoms with van der Waals surface area (Å²) >= 11 is 0. The van der Waals surface area contributed by atoms with Crippen LogP contribution in [0.15, 0.2) is 30.6 Å². The van der Waals surface area contributed by atoms with Crippen molar-refractivity contribution >= 4 is 0 Å². The van der Waals surface area contributed by atoms with Crippen molar-refractivity contribution in [2.75, 3.05) is 20.3 Å². The Morgan fingerprint density at radius 1 is 1.50 bits per heavy atom. The quantitative estimate of drug-likeness (QED) is 0.852. The maximum Gasteiger partial charge on any atom is 0.136 e. The predicted molar refractivity (Wildman–Crippen MR) is 89.4 cm³/mol. The molecule has 24 heavy (non-hydrogen) atoms. The maximum absolute atomic E-state index is 9.17. The zero-order valence-corrected chi connectivity index (χ0v) is 13.8. The van der Waals surface area contributed by atoms with E-state index in [1.807, 2.05) is 30.6 Å². The van der Waals surface area contributed by atoms with Crippen LogP contribution < -0.4 is 10.1 Å². The zero-order valence-electron chi connectivity index (χ0n) is 13.8. The third kappa shape index (κ3) is 3.75. The zero-order chi connectivity index (χ0) is 16.8. The highest BCUT2D eigenvalue weighted by Gasteiger charge is 2.27. The van der Waals surface area contributed by atoms with Gasteiger partial charge in [-0.1, -0.05) is 6.07 Å². The number of ether oxygens (including phenoxy) is 2. The van der Waals surface area contributed by atoms with Crippen LogP contribution in [0.25, 0.3) is 0 Å². The second-order valence-electron chi connectivity index (χ2n) is 6.00. The average molecular weight is 326 g/mol. The summed E-state index contributed by atoms with van der Waals surface area (Å²) in [6.07, 6.45) is 6.06. The van der Waals surface area contributed by atoms with Crippen LogP contribution >= 0.6 is 0 Å². The van der Waals surface area contributed by atoms with Crippen LogP contribution in [0.1, 0.15) is 35.6 Å². The van der Waals surface area contributed by atoms with Crippen LogP contribution in [0.3, 0.4) is 0 Å². The van der Waals surface area contributed by atoms with Gasteiger partial charge in [0.15, 0.2) is 0 Å². The molecule has 0 radical (unpaired) electrons. The van der Waals surface area contributed by atoms with Gasteiger partial charge in [-0.2, -0.15) is 10.4 Å². The molecule has 2 aromatic rings. The number of hydrogen-bond donors (Lipinski definition) is 2. The standard InChI is InChI=1S/C18H22N4O2/c1-23-17-5-4-13(7-15(17)8-19)9-20-10-14-3-2-6-24-18(14)16-11-21-22-12-16/h4-5,7,11-12,14,18,20H,2-3,6,9-10H2,1H3,(H,21,22)/t14-,18+/m0/s1. The molecule has 0 bridgehead atoms. The van der Waals surface area contributed by atoms with Gasteiger partial charge in [0, 0.05) is 37.4 Å². The van der Waals surface area contributed by atoms with Crippen molar-refractivity contribution in [3.8, 4) is 11.8 Å². The molecule has 2 atom stereocenters. The van der Waals surface area contributed by atoms with Gasteiger partial charge < -0.3 is 14.8 Å². The number of benzene rings is 1. The van der Waals surface area contributed by atoms with E-state index in [1.54, 1.807) is 7.11 Å². The minimum Gasteiger partial charge on any atom is -0.495 e. The lowest BCUT2D eigenvalue weighted by Gasteiger charge is -2.31. The first-order valence-electron chi connectivity index (χ1n) is 8.20. The lowest BCUT2D eigenvalue weighted by molar-refractivity contribution is -0.0278. The molecule has 0 aliphatic carbocycles. The SMILES string of the molecule is COc1ccc(CNC[C@@H]2CCCO[C@H]2c2cn[nH]c2)cc1C#N. The molecule has 0 unspecified atom stereocenters. The smallest absolute Gasteiger partial charge is 0.136 e. The van der Waals surface area contributed by atoms with Crippen LogP contribution in [-0.2, 0) is 11.3 Å². The van der Waals surface area contributed by atoms with E-state index >= 15 is 0 Å². The summed E-state index contributed by atoms with van der Waals surface area (Å²) in [6.45, 7) is 2.38. The second-order valence-corrected chi connectivity index (χ2v) is 6.00. The number of nitrogens with zero attached hydrogens (tertiary/aromatic N) is 2. The molecule has 1 aromatic carbocycles. The van der Waals surface area contributed by atoms with Crippen molar-refractivity contribution in [2.45, 2.75) is 25.5 Å². The molecule has 6 nitrogen and oxygen atoms in total. The van der Waals surface area contributed by atoms with Gasteiger partial charge in [0.2, 0.25) is 0 Å². The van der Waals surface area contributed by atoms with E-state index in [0.717, 1.165) is 37.1 Å². The lowest BCUT2D eigenvalue weighted by atomic mass is 9.91. The molecule has 3 rings (SSSR count). The van der Waals surface area contributed by atoms with Gasteiger partial charge in [0.25, 0.3) is 0 Å². The first kappa shape index (κ1) is 16.5. The van der Waals surface area contributed by atoms with Crippen LogP contribution in [0.5, 0.6) is 5.75 Å². The number of nitrogens with one attached hydrogen (secondary N) is 2. The summed E-state index contributed by atoms with van der Waals surface area (Å²) in [5.41, 5.74) is 2.75. The Balaban J connectivity index is 1.58. The largest absolute Gasteiger partial charge is 0.495 e. The molecule has 1 aliphatic heterocycles. The van der Waals surface area contributed by atoms with E-state index in [0.29, 0.717) is 23.8 Å². The molecule has 1 saturated heterocycles. The average Bonchev–Trinajstić information content (AvgIpc) is 3.16. The molecule has 0 saturated carbocycles. The molecule has 0 amide bonds. The van der Waals surface area contributed by atoms with Crippen LogP contribution in [-0.4, -0.2) is 30.5 Å². The predicted octanol–water partition coefficient (Wildman–Crippen LogP) is 2.55. The van der Waals surface area contributed by atoms with Gasteiger partial charge >= 0.3 is 0 Å². The highest BCUT2D eigenvalue weighted by molar-refractivity contribution is 5.45. The minimum absolute atomic E-state index is 0.0931. The first-order chi connectivity index (χ1) is 11.8. The Morgan fingerprint density at radius 3 is 3.17 bits per heavy atom. The minimum atomic E-state index is 0.0931. The fourth-order valence-corrected chi connectivity index (χ4v) is 3.19. The Morgan fingerprint density at radius 2 is 2.42 bits per heavy atom. The summed E-state index contributed by atoms with van der Waals surface area (Å²) in [7, 11) is 1.58. The van der Waals surface area contributed by atoms with Crippen LogP contribution in [0.2, 0.25) is 0 Å². The highest BCUT2D eigenvalue weighted by Crippen LogP contribution is 2.32. The summed E-state index contributed by atoms with van der Waals surface area (Å²) in [5, 5.41) is 19.5. The van der Waals surface area contributed by atoms with E-state index in [4.69, 9.17) is 14.7 Å². The maximum atomic E-state index is 9.17. The van der Waals surface area contributed by atoms with Crippen molar-refractivity contribution in [1.82, 2.24) is 15.5 Å². The van der Waals surface area contributed by atoms with Gasteiger partial charge in [-0.15, -0.1) is 0 Å². The Labute approximate surface area is 141 Å². The number of hydrogen-bond acceptors (Lipinski definition) is 5. The first-order valence-corrected chi connectivity index (χ1v) is 8.20. The molecule has 1 fully saturated rings. The number of nitriles is 1. The van der Waals surface area contributed by atoms with Gasteiger partial charge in [-0.3, -0.25) is 5.10 Å². The normalized spacial score (nSPS) is 20.5. The van der Waals surface area contributed by atoms with Crippen molar-refractivity contribution in [1.29, 1.82) is 5.26 Å². The molecule has 126 valence electrons. The van der Waals surface area contributed by atoms with Crippen LogP contribution in [0, 0.1) is 17.2 Å². The molecular formula is C18H22N4O2. The number of methoxy groups -OCH3 is 1. The number of aromatic amines is 1. The summed E-state index contributed by atoms with van der Waals surface area (Å²) in [4.78, 5) is 0. The Bertz CT molecular complexity index is 694. The van der Waals surface area contributed by atoms with E-state index in [1.165, 1.54) is 0 Å². The topological polar surface area (TPSA) is 83.0 Å². The van der Waals surface area contributed by atoms with Crippen molar-refractivity contribution < 1.29 is 9.47 Å². The lowest BCUT2D eigenvalue weighted by Crippen LogP contribution is -2.31. The summed E-state index contributed by atoms with van der Waals surface area (Å²) in [6, 6.07) is 7.87. The van der Waals surface area contributed by atoms with E-state index in [-0.39, 0.29) is 6.10 Å². The van der Waals surface area contributed by atoms with Crippen molar-refractivity contribution in [3.63, 3.8) is 0 Å². The van der Waals surface area contributed by atoms with E-state index in [9.17, 15) is 0 Å².